The summed E-state index contributed by atoms with van der Waals surface area (Å²) < 4.78 is 33.4. The van der Waals surface area contributed by atoms with Gasteiger partial charge in [0.1, 0.15) is 5.60 Å². The van der Waals surface area contributed by atoms with Gasteiger partial charge in [-0.3, -0.25) is 0 Å². The molecule has 3 nitrogen and oxygen atoms in total. The molecular formula is C19H26BrF2NO2. The van der Waals surface area contributed by atoms with E-state index >= 15 is 0 Å². The Balaban J connectivity index is 2.09. The second kappa shape index (κ2) is 8.02. The van der Waals surface area contributed by atoms with Gasteiger partial charge < -0.3 is 9.64 Å². The van der Waals surface area contributed by atoms with Crippen LogP contribution in [0.3, 0.4) is 0 Å². The van der Waals surface area contributed by atoms with Gasteiger partial charge in [0.25, 0.3) is 0 Å². The molecule has 2 rings (SSSR count). The molecule has 140 valence electrons. The van der Waals surface area contributed by atoms with Crippen LogP contribution in [0, 0.1) is 0 Å². The Morgan fingerprint density at radius 3 is 2.44 bits per heavy atom. The van der Waals surface area contributed by atoms with Crippen LogP contribution in [0.2, 0.25) is 0 Å². The maximum atomic E-state index is 13.5. The van der Waals surface area contributed by atoms with Gasteiger partial charge in [0.05, 0.1) is 0 Å². The molecule has 1 aliphatic carbocycles. The zero-order chi connectivity index (χ0) is 18.7. The molecule has 1 aromatic rings. The van der Waals surface area contributed by atoms with Gasteiger partial charge in [-0.1, -0.05) is 34.1 Å². The number of amides is 1. The minimum Gasteiger partial charge on any atom is -0.444 e. The van der Waals surface area contributed by atoms with Crippen LogP contribution in [0.15, 0.2) is 28.7 Å². The molecule has 25 heavy (non-hydrogen) atoms. The molecule has 0 atom stereocenters. The van der Waals surface area contributed by atoms with Crippen molar-refractivity contribution in [2.24, 2.45) is 0 Å². The van der Waals surface area contributed by atoms with Gasteiger partial charge >= 0.3 is 6.09 Å². The van der Waals surface area contributed by atoms with Crippen LogP contribution in [-0.2, 0) is 11.2 Å². The van der Waals surface area contributed by atoms with E-state index in [1.807, 2.05) is 45.0 Å². The minimum atomic E-state index is -2.61. The van der Waals surface area contributed by atoms with Crippen molar-refractivity contribution in [3.63, 3.8) is 0 Å². The molecule has 1 aromatic carbocycles. The molecule has 1 saturated carbocycles. The van der Waals surface area contributed by atoms with Gasteiger partial charge in [-0.05, 0) is 51.7 Å². The summed E-state index contributed by atoms with van der Waals surface area (Å²) in [7, 11) is 0. The van der Waals surface area contributed by atoms with Crippen molar-refractivity contribution in [1.29, 1.82) is 0 Å². The highest BCUT2D eigenvalue weighted by atomic mass is 79.9. The predicted molar refractivity (Wildman–Crippen MR) is 98.0 cm³/mol. The second-order valence-electron chi connectivity index (χ2n) is 7.60. The minimum absolute atomic E-state index is 0.175. The van der Waals surface area contributed by atoms with Crippen LogP contribution >= 0.6 is 15.9 Å². The summed E-state index contributed by atoms with van der Waals surface area (Å²) in [6, 6.07) is 7.62. The third-order valence-electron chi connectivity index (χ3n) is 4.34. The van der Waals surface area contributed by atoms with E-state index in [1.54, 1.807) is 4.90 Å². The van der Waals surface area contributed by atoms with Gasteiger partial charge in [-0.2, -0.15) is 0 Å². The van der Waals surface area contributed by atoms with E-state index < -0.39 is 17.6 Å². The summed E-state index contributed by atoms with van der Waals surface area (Å²) in [6.45, 7) is 5.89. The molecule has 0 N–H and O–H groups in total. The second-order valence-corrected chi connectivity index (χ2v) is 8.46. The van der Waals surface area contributed by atoms with Crippen molar-refractivity contribution in [2.45, 2.75) is 70.4 Å². The highest BCUT2D eigenvalue weighted by Crippen LogP contribution is 2.35. The molecule has 1 aliphatic rings. The topological polar surface area (TPSA) is 29.5 Å². The third kappa shape index (κ3) is 6.24. The number of ether oxygens (including phenoxy) is 1. The van der Waals surface area contributed by atoms with Gasteiger partial charge in [0.2, 0.25) is 5.92 Å². The van der Waals surface area contributed by atoms with Crippen LogP contribution in [0.5, 0.6) is 0 Å². The smallest absolute Gasteiger partial charge is 0.410 e. The lowest BCUT2D eigenvalue weighted by Gasteiger charge is -2.37. The molecule has 1 amide bonds. The van der Waals surface area contributed by atoms with E-state index in [1.165, 1.54) is 0 Å². The van der Waals surface area contributed by atoms with Crippen LogP contribution in [0.4, 0.5) is 13.6 Å². The summed E-state index contributed by atoms with van der Waals surface area (Å²) in [5, 5.41) is 0. The number of halogens is 3. The largest absolute Gasteiger partial charge is 0.444 e. The predicted octanol–water partition coefficient (Wildman–Crippen LogP) is 5.81. The molecule has 0 bridgehead atoms. The average molecular weight is 418 g/mol. The Hall–Kier alpha value is -1.17. The maximum absolute atomic E-state index is 13.5. The first-order valence-corrected chi connectivity index (χ1v) is 9.47. The summed E-state index contributed by atoms with van der Waals surface area (Å²) in [4.78, 5) is 14.3. The van der Waals surface area contributed by atoms with Gasteiger partial charge in [-0.25, -0.2) is 13.6 Å². The van der Waals surface area contributed by atoms with Crippen LogP contribution in [0.1, 0.15) is 52.0 Å². The fraction of sp³-hybridized carbons (Fsp3) is 0.632. The normalized spacial score (nSPS) is 18.0. The highest BCUT2D eigenvalue weighted by molar-refractivity contribution is 9.10. The molecule has 6 heteroatoms. The summed E-state index contributed by atoms with van der Waals surface area (Å²) in [5.41, 5.74) is 0.471. The number of benzene rings is 1. The standard InChI is InChI=1S/C19H26BrF2NO2/c1-18(2,3)25-17(24)23(15-8-11-19(21,22)12-9-15)13-10-14-6-4-5-7-16(14)20/h4-7,15H,8-13H2,1-3H3. The van der Waals surface area contributed by atoms with E-state index in [2.05, 4.69) is 15.9 Å². The first-order chi connectivity index (χ1) is 11.6. The summed E-state index contributed by atoms with van der Waals surface area (Å²) in [6.07, 6.45) is 0.491. The maximum Gasteiger partial charge on any atom is 0.410 e. The summed E-state index contributed by atoms with van der Waals surface area (Å²) in [5.74, 6) is -2.61. The zero-order valence-electron chi connectivity index (χ0n) is 15.0. The van der Waals surface area contributed by atoms with Crippen molar-refractivity contribution in [3.05, 3.63) is 34.3 Å². The van der Waals surface area contributed by atoms with Crippen LogP contribution in [-0.4, -0.2) is 35.1 Å². The fourth-order valence-corrected chi connectivity index (χ4v) is 3.51. The number of alkyl halides is 2. The molecular weight excluding hydrogens is 392 g/mol. The number of carbonyl (C=O) groups is 1. The number of hydrogen-bond donors (Lipinski definition) is 0. The molecule has 0 radical (unpaired) electrons. The Morgan fingerprint density at radius 2 is 1.88 bits per heavy atom. The first-order valence-electron chi connectivity index (χ1n) is 8.68. The number of nitrogens with zero attached hydrogens (tertiary/aromatic N) is 1. The van der Waals surface area contributed by atoms with E-state index in [4.69, 9.17) is 4.74 Å². The average Bonchev–Trinajstić information content (AvgIpc) is 2.48. The van der Waals surface area contributed by atoms with Crippen LogP contribution < -0.4 is 0 Å². The van der Waals surface area contributed by atoms with E-state index in [9.17, 15) is 13.6 Å². The van der Waals surface area contributed by atoms with E-state index in [0.717, 1.165) is 10.0 Å². The van der Waals surface area contributed by atoms with Gasteiger partial charge in [0.15, 0.2) is 0 Å². The van der Waals surface area contributed by atoms with Crippen molar-refractivity contribution < 1.29 is 18.3 Å². The fourth-order valence-electron chi connectivity index (χ4n) is 3.02. The number of hydrogen-bond acceptors (Lipinski definition) is 2. The van der Waals surface area contributed by atoms with Crippen molar-refractivity contribution in [2.75, 3.05) is 6.54 Å². The SMILES string of the molecule is CC(C)(C)OC(=O)N(CCc1ccccc1Br)C1CCC(F)(F)CC1. The first kappa shape index (κ1) is 20.1. The lowest BCUT2D eigenvalue weighted by atomic mass is 9.91. The van der Waals surface area contributed by atoms with Crippen LogP contribution in [0.25, 0.3) is 0 Å². The molecule has 0 saturated heterocycles. The molecule has 0 heterocycles. The Labute approximate surface area is 156 Å². The van der Waals surface area contributed by atoms with Crippen molar-refractivity contribution >= 4 is 22.0 Å². The molecule has 0 aromatic heterocycles. The Bertz CT molecular complexity index is 591. The molecule has 0 unspecified atom stereocenters. The van der Waals surface area contributed by atoms with Crippen molar-refractivity contribution in [3.8, 4) is 0 Å². The van der Waals surface area contributed by atoms with E-state index in [-0.39, 0.29) is 18.9 Å². The van der Waals surface area contributed by atoms with Crippen molar-refractivity contribution in [1.82, 2.24) is 4.90 Å². The number of carbonyl (C=O) groups excluding carboxylic acids is 1. The molecule has 0 spiro atoms. The molecule has 0 aliphatic heterocycles. The number of rotatable bonds is 4. The highest BCUT2D eigenvalue weighted by Gasteiger charge is 2.39. The summed E-state index contributed by atoms with van der Waals surface area (Å²) >= 11 is 3.51. The third-order valence-corrected chi connectivity index (χ3v) is 5.11. The quantitative estimate of drug-likeness (QED) is 0.618. The Kier molecular flexibility index (Phi) is 6.46. The molecule has 1 fully saturated rings. The van der Waals surface area contributed by atoms with Gasteiger partial charge in [0, 0.05) is 29.9 Å². The zero-order valence-corrected chi connectivity index (χ0v) is 16.6. The monoisotopic (exact) mass is 417 g/mol. The lowest BCUT2D eigenvalue weighted by Crippen LogP contribution is -2.47. The van der Waals surface area contributed by atoms with Gasteiger partial charge in [-0.15, -0.1) is 0 Å². The van der Waals surface area contributed by atoms with E-state index in [0.29, 0.717) is 25.8 Å². The lowest BCUT2D eigenvalue weighted by molar-refractivity contribution is -0.0568. The Morgan fingerprint density at radius 1 is 1.28 bits per heavy atom.